The molecular formula is C18H21FN2O5S. The molecule has 0 aliphatic carbocycles. The molecule has 2 aromatic rings. The molecule has 27 heavy (non-hydrogen) atoms. The van der Waals surface area contributed by atoms with Crippen LogP contribution < -0.4 is 19.1 Å². The zero-order valence-corrected chi connectivity index (χ0v) is 16.0. The van der Waals surface area contributed by atoms with Crippen LogP contribution >= 0.6 is 0 Å². The van der Waals surface area contributed by atoms with Gasteiger partial charge in [-0.3, -0.25) is 9.10 Å². The minimum Gasteiger partial charge on any atom is -0.493 e. The number of rotatable bonds is 8. The molecule has 2 rings (SSSR count). The number of benzene rings is 2. The van der Waals surface area contributed by atoms with Crippen molar-refractivity contribution in [2.45, 2.75) is 6.54 Å². The maximum Gasteiger partial charge on any atom is 0.241 e. The van der Waals surface area contributed by atoms with Gasteiger partial charge in [0, 0.05) is 12.6 Å². The van der Waals surface area contributed by atoms with E-state index in [2.05, 4.69) is 5.32 Å². The van der Waals surface area contributed by atoms with E-state index in [1.165, 1.54) is 44.6 Å². The summed E-state index contributed by atoms with van der Waals surface area (Å²) in [6.07, 6.45) is 1.00. The Hall–Kier alpha value is -2.81. The van der Waals surface area contributed by atoms with E-state index in [1.807, 2.05) is 0 Å². The number of amides is 1. The fourth-order valence-corrected chi connectivity index (χ4v) is 3.26. The molecule has 2 aromatic carbocycles. The number of sulfonamides is 1. The summed E-state index contributed by atoms with van der Waals surface area (Å²) >= 11 is 0. The number of nitrogens with zero attached hydrogens (tertiary/aromatic N) is 1. The molecule has 0 saturated carbocycles. The van der Waals surface area contributed by atoms with Crippen LogP contribution in [0.5, 0.6) is 11.5 Å². The van der Waals surface area contributed by atoms with Crippen LogP contribution in [0.15, 0.2) is 42.5 Å². The average molecular weight is 396 g/mol. The molecule has 0 aromatic heterocycles. The molecule has 1 amide bonds. The Balaban J connectivity index is 2.16. The molecule has 7 nitrogen and oxygen atoms in total. The lowest BCUT2D eigenvalue weighted by Crippen LogP contribution is -2.40. The Bertz CT molecular complexity index is 918. The van der Waals surface area contributed by atoms with Gasteiger partial charge in [-0.1, -0.05) is 12.1 Å². The smallest absolute Gasteiger partial charge is 0.241 e. The van der Waals surface area contributed by atoms with Crippen LogP contribution in [0.3, 0.4) is 0 Å². The summed E-state index contributed by atoms with van der Waals surface area (Å²) in [6, 6.07) is 10.3. The second-order valence-corrected chi connectivity index (χ2v) is 7.62. The summed E-state index contributed by atoms with van der Waals surface area (Å²) in [6.45, 7) is -0.343. The van der Waals surface area contributed by atoms with Crippen LogP contribution in [-0.4, -0.2) is 41.3 Å². The quantitative estimate of drug-likeness (QED) is 0.737. The topological polar surface area (TPSA) is 84.9 Å². The normalized spacial score (nSPS) is 11.0. The first-order chi connectivity index (χ1) is 12.7. The minimum absolute atomic E-state index is 0.0835. The van der Waals surface area contributed by atoms with Gasteiger partial charge in [0.1, 0.15) is 12.4 Å². The van der Waals surface area contributed by atoms with Gasteiger partial charge in [0.2, 0.25) is 15.9 Å². The maximum atomic E-state index is 13.2. The summed E-state index contributed by atoms with van der Waals surface area (Å²) in [4.78, 5) is 12.2. The van der Waals surface area contributed by atoms with Crippen molar-refractivity contribution in [2.24, 2.45) is 0 Å². The van der Waals surface area contributed by atoms with Gasteiger partial charge >= 0.3 is 0 Å². The SMILES string of the molecule is COc1ccc(N(CC(=O)NCc2cccc(F)c2)S(C)(=O)=O)cc1OC. The average Bonchev–Trinajstić information content (AvgIpc) is 2.63. The van der Waals surface area contributed by atoms with Crippen LogP contribution in [0.25, 0.3) is 0 Å². The van der Waals surface area contributed by atoms with Crippen LogP contribution in [0.1, 0.15) is 5.56 Å². The van der Waals surface area contributed by atoms with E-state index < -0.39 is 28.3 Å². The lowest BCUT2D eigenvalue weighted by molar-refractivity contribution is -0.119. The Morgan fingerprint density at radius 2 is 1.81 bits per heavy atom. The monoisotopic (exact) mass is 396 g/mol. The predicted molar refractivity (Wildman–Crippen MR) is 100.0 cm³/mol. The first-order valence-electron chi connectivity index (χ1n) is 7.95. The summed E-state index contributed by atoms with van der Waals surface area (Å²) < 4.78 is 48.8. The van der Waals surface area contributed by atoms with Gasteiger partial charge in [0.25, 0.3) is 0 Å². The highest BCUT2D eigenvalue weighted by Crippen LogP contribution is 2.32. The van der Waals surface area contributed by atoms with E-state index in [9.17, 15) is 17.6 Å². The van der Waals surface area contributed by atoms with E-state index in [0.717, 1.165) is 10.6 Å². The molecule has 0 radical (unpaired) electrons. The predicted octanol–water partition coefficient (Wildman–Crippen LogP) is 1.93. The molecule has 0 atom stereocenters. The molecule has 0 unspecified atom stereocenters. The number of carbonyl (C=O) groups excluding carboxylic acids is 1. The van der Waals surface area contributed by atoms with Crippen molar-refractivity contribution in [1.29, 1.82) is 0 Å². The molecule has 0 spiro atoms. The highest BCUT2D eigenvalue weighted by Gasteiger charge is 2.22. The van der Waals surface area contributed by atoms with E-state index in [1.54, 1.807) is 12.1 Å². The maximum absolute atomic E-state index is 13.2. The second kappa shape index (κ2) is 8.72. The van der Waals surface area contributed by atoms with Crippen molar-refractivity contribution in [3.8, 4) is 11.5 Å². The summed E-state index contributed by atoms with van der Waals surface area (Å²) in [5.41, 5.74) is 0.830. The number of nitrogens with one attached hydrogen (secondary N) is 1. The Labute approximate surface area is 157 Å². The third-order valence-electron chi connectivity index (χ3n) is 3.72. The first kappa shape index (κ1) is 20.5. The van der Waals surface area contributed by atoms with Gasteiger partial charge in [-0.2, -0.15) is 0 Å². The molecule has 0 bridgehead atoms. The van der Waals surface area contributed by atoms with Crippen molar-refractivity contribution in [2.75, 3.05) is 31.3 Å². The lowest BCUT2D eigenvalue weighted by atomic mass is 10.2. The molecule has 9 heteroatoms. The number of halogens is 1. The number of carbonyl (C=O) groups is 1. The third kappa shape index (κ3) is 5.58. The van der Waals surface area contributed by atoms with E-state index >= 15 is 0 Å². The van der Waals surface area contributed by atoms with Crippen molar-refractivity contribution < 1.29 is 27.1 Å². The highest BCUT2D eigenvalue weighted by atomic mass is 32.2. The Kier molecular flexibility index (Phi) is 6.62. The van der Waals surface area contributed by atoms with Crippen molar-refractivity contribution >= 4 is 21.6 Å². The Morgan fingerprint density at radius 1 is 1.11 bits per heavy atom. The van der Waals surface area contributed by atoms with Gasteiger partial charge in [-0.25, -0.2) is 12.8 Å². The van der Waals surface area contributed by atoms with Crippen LogP contribution in [0.2, 0.25) is 0 Å². The minimum atomic E-state index is -3.73. The number of methoxy groups -OCH3 is 2. The van der Waals surface area contributed by atoms with Crippen LogP contribution in [0.4, 0.5) is 10.1 Å². The largest absolute Gasteiger partial charge is 0.493 e. The van der Waals surface area contributed by atoms with Crippen LogP contribution in [-0.2, 0) is 21.4 Å². The van der Waals surface area contributed by atoms with Gasteiger partial charge in [0.15, 0.2) is 11.5 Å². The van der Waals surface area contributed by atoms with Gasteiger partial charge < -0.3 is 14.8 Å². The molecule has 0 heterocycles. The fraction of sp³-hybridized carbons (Fsp3) is 0.278. The van der Waals surface area contributed by atoms with E-state index in [-0.39, 0.29) is 12.2 Å². The summed E-state index contributed by atoms with van der Waals surface area (Å²) in [7, 11) is -0.838. The van der Waals surface area contributed by atoms with Crippen molar-refractivity contribution in [3.63, 3.8) is 0 Å². The van der Waals surface area contributed by atoms with Gasteiger partial charge in [0.05, 0.1) is 26.2 Å². The zero-order chi connectivity index (χ0) is 20.0. The fourth-order valence-electron chi connectivity index (χ4n) is 2.41. The molecule has 1 N–H and O–H groups in total. The third-order valence-corrected chi connectivity index (χ3v) is 4.86. The summed E-state index contributed by atoms with van der Waals surface area (Å²) in [5, 5.41) is 2.58. The Morgan fingerprint density at radius 3 is 2.41 bits per heavy atom. The number of hydrogen-bond donors (Lipinski definition) is 1. The van der Waals surface area contributed by atoms with Gasteiger partial charge in [-0.15, -0.1) is 0 Å². The second-order valence-electron chi connectivity index (χ2n) is 5.72. The molecule has 0 saturated heterocycles. The molecule has 0 aliphatic heterocycles. The van der Waals surface area contributed by atoms with Crippen molar-refractivity contribution in [3.05, 3.63) is 53.8 Å². The number of anilines is 1. The first-order valence-corrected chi connectivity index (χ1v) is 9.80. The highest BCUT2D eigenvalue weighted by molar-refractivity contribution is 7.92. The van der Waals surface area contributed by atoms with E-state index in [4.69, 9.17) is 9.47 Å². The summed E-state index contributed by atoms with van der Waals surface area (Å²) in [5.74, 6) is -0.168. The molecule has 0 aliphatic rings. The van der Waals surface area contributed by atoms with Crippen molar-refractivity contribution in [1.82, 2.24) is 5.32 Å². The van der Waals surface area contributed by atoms with E-state index in [0.29, 0.717) is 17.1 Å². The number of hydrogen-bond acceptors (Lipinski definition) is 5. The molecule has 0 fully saturated rings. The number of ether oxygens (including phenoxy) is 2. The van der Waals surface area contributed by atoms with Crippen LogP contribution in [0, 0.1) is 5.82 Å². The molecular weight excluding hydrogens is 375 g/mol. The lowest BCUT2D eigenvalue weighted by Gasteiger charge is -2.23. The van der Waals surface area contributed by atoms with Gasteiger partial charge in [-0.05, 0) is 29.8 Å². The standard InChI is InChI=1S/C18H21FN2O5S/c1-25-16-8-7-15(10-17(16)26-2)21(27(3,23)24)12-18(22)20-11-13-5-4-6-14(19)9-13/h4-10H,11-12H2,1-3H3,(H,20,22). The zero-order valence-electron chi connectivity index (χ0n) is 15.2. The molecule has 146 valence electrons.